The summed E-state index contributed by atoms with van der Waals surface area (Å²) < 4.78 is 0. The fourth-order valence-corrected chi connectivity index (χ4v) is 5.93. The molecule has 2 atom stereocenters. The summed E-state index contributed by atoms with van der Waals surface area (Å²) in [5.74, 6) is 0.812. The second kappa shape index (κ2) is 17.2. The largest absolute Gasteiger partial charge is 0.336 e. The molecule has 34 heavy (non-hydrogen) atoms. The molecule has 1 saturated heterocycles. The lowest BCUT2D eigenvalue weighted by molar-refractivity contribution is -0.127. The standard InChI is InChI=1S/C27H50N4O2S/c1-4-6-8-9-10-11-12-13-14-15-16-17-18-19-21-31-23-24(30(3)26(33)29-25(23)32)28-27(31)34-22-20-7-5-2/h23-24H,4-22H2,1-3H3,(H,29,32,33). The van der Waals surface area contributed by atoms with Crippen molar-refractivity contribution in [3.8, 4) is 0 Å². The van der Waals surface area contributed by atoms with Crippen LogP contribution >= 0.6 is 11.8 Å². The second-order valence-corrected chi connectivity index (χ2v) is 11.1. The van der Waals surface area contributed by atoms with E-state index in [1.54, 1.807) is 23.7 Å². The van der Waals surface area contributed by atoms with Crippen molar-refractivity contribution >= 4 is 28.9 Å². The van der Waals surface area contributed by atoms with Crippen molar-refractivity contribution in [2.45, 2.75) is 135 Å². The average molecular weight is 495 g/mol. The number of fused-ring (bicyclic) bond motifs is 1. The van der Waals surface area contributed by atoms with Crippen LogP contribution in [0.2, 0.25) is 0 Å². The first-order valence-electron chi connectivity index (χ1n) is 14.1. The lowest BCUT2D eigenvalue weighted by atomic mass is 10.0. The van der Waals surface area contributed by atoms with Gasteiger partial charge in [0, 0.05) is 19.3 Å². The minimum atomic E-state index is -0.387. The van der Waals surface area contributed by atoms with Crippen LogP contribution in [0.5, 0.6) is 0 Å². The normalized spacial score (nSPS) is 20.0. The van der Waals surface area contributed by atoms with Gasteiger partial charge in [-0.2, -0.15) is 0 Å². The maximum Gasteiger partial charge on any atom is 0.325 e. The number of hydrogen-bond acceptors (Lipinski definition) is 5. The Bertz CT molecular complexity index is 628. The molecule has 7 heteroatoms. The number of unbranched alkanes of at least 4 members (excludes halogenated alkanes) is 15. The van der Waals surface area contributed by atoms with Crippen LogP contribution in [-0.2, 0) is 4.79 Å². The van der Waals surface area contributed by atoms with Gasteiger partial charge in [0.05, 0.1) is 0 Å². The van der Waals surface area contributed by atoms with E-state index in [9.17, 15) is 9.59 Å². The first-order chi connectivity index (χ1) is 16.6. The molecule has 0 aliphatic carbocycles. The minimum absolute atomic E-state index is 0.202. The summed E-state index contributed by atoms with van der Waals surface area (Å²) in [7, 11) is 1.73. The first kappa shape index (κ1) is 29.0. The number of likely N-dealkylation sites (N-methyl/N-ethyl adjacent to an activating group) is 1. The molecule has 0 saturated carbocycles. The maximum absolute atomic E-state index is 12.6. The number of nitrogens with zero attached hydrogens (tertiary/aromatic N) is 3. The molecule has 1 fully saturated rings. The quantitative estimate of drug-likeness (QED) is 0.198. The van der Waals surface area contributed by atoms with Crippen molar-refractivity contribution in [2.75, 3.05) is 19.3 Å². The Hall–Kier alpha value is -1.24. The van der Waals surface area contributed by atoms with E-state index in [1.807, 2.05) is 0 Å². The van der Waals surface area contributed by atoms with Gasteiger partial charge in [-0.1, -0.05) is 122 Å². The predicted molar refractivity (Wildman–Crippen MR) is 145 cm³/mol. The van der Waals surface area contributed by atoms with Gasteiger partial charge in [0.25, 0.3) is 5.91 Å². The van der Waals surface area contributed by atoms with Gasteiger partial charge in [0.15, 0.2) is 17.4 Å². The Morgan fingerprint density at radius 1 is 0.765 bits per heavy atom. The highest BCUT2D eigenvalue weighted by molar-refractivity contribution is 8.13. The first-order valence-corrected chi connectivity index (χ1v) is 15.1. The number of carbonyl (C=O) groups is 2. The zero-order valence-corrected chi connectivity index (χ0v) is 23.0. The van der Waals surface area contributed by atoms with Crippen LogP contribution in [0.3, 0.4) is 0 Å². The lowest BCUT2D eigenvalue weighted by Crippen LogP contribution is -2.63. The SMILES string of the molecule is CCCCCCCCCCCCCCCCN1C(SCCCCC)=NC2C1C(=O)NC(=O)N2C. The monoisotopic (exact) mass is 494 g/mol. The Morgan fingerprint density at radius 2 is 1.26 bits per heavy atom. The molecular weight excluding hydrogens is 444 g/mol. The number of amidine groups is 1. The van der Waals surface area contributed by atoms with Crippen molar-refractivity contribution in [1.82, 2.24) is 15.1 Å². The summed E-state index contributed by atoms with van der Waals surface area (Å²) in [6, 6.07) is -0.720. The van der Waals surface area contributed by atoms with E-state index in [4.69, 9.17) is 4.99 Å². The van der Waals surface area contributed by atoms with Crippen LogP contribution in [0.25, 0.3) is 0 Å². The van der Waals surface area contributed by atoms with Gasteiger partial charge in [-0.05, 0) is 12.8 Å². The third kappa shape index (κ3) is 9.79. The molecule has 0 aromatic heterocycles. The van der Waals surface area contributed by atoms with Gasteiger partial charge in [-0.25, -0.2) is 9.79 Å². The van der Waals surface area contributed by atoms with Crippen LogP contribution in [0.4, 0.5) is 4.79 Å². The van der Waals surface area contributed by atoms with E-state index in [1.165, 1.54) is 96.3 Å². The summed E-state index contributed by atoms with van der Waals surface area (Å²) in [6.07, 6.45) is 21.9. The molecule has 0 aromatic carbocycles. The van der Waals surface area contributed by atoms with E-state index < -0.39 is 0 Å². The molecule has 2 aliphatic heterocycles. The van der Waals surface area contributed by atoms with Gasteiger partial charge >= 0.3 is 6.03 Å². The minimum Gasteiger partial charge on any atom is -0.336 e. The number of hydrogen-bond donors (Lipinski definition) is 1. The molecule has 0 spiro atoms. The van der Waals surface area contributed by atoms with Gasteiger partial charge < -0.3 is 9.80 Å². The van der Waals surface area contributed by atoms with E-state index in [2.05, 4.69) is 24.1 Å². The molecule has 0 bridgehead atoms. The zero-order valence-electron chi connectivity index (χ0n) is 22.2. The lowest BCUT2D eigenvalue weighted by Gasteiger charge is -2.36. The van der Waals surface area contributed by atoms with Gasteiger partial charge in [0.2, 0.25) is 0 Å². The number of urea groups is 1. The average Bonchev–Trinajstić information content (AvgIpc) is 3.19. The number of carbonyl (C=O) groups excluding carboxylic acids is 2. The van der Waals surface area contributed by atoms with Gasteiger partial charge in [-0.3, -0.25) is 10.1 Å². The molecule has 2 unspecified atom stereocenters. The molecule has 6 nitrogen and oxygen atoms in total. The summed E-state index contributed by atoms with van der Waals surface area (Å²) in [5, 5.41) is 3.45. The van der Waals surface area contributed by atoms with Crippen LogP contribution in [-0.4, -0.2) is 58.5 Å². The highest BCUT2D eigenvalue weighted by Crippen LogP contribution is 2.29. The topological polar surface area (TPSA) is 65.0 Å². The zero-order chi connectivity index (χ0) is 24.6. The number of aliphatic imine (C=N–C) groups is 1. The Kier molecular flexibility index (Phi) is 14.7. The molecule has 2 aliphatic rings. The molecular formula is C27H50N4O2S. The van der Waals surface area contributed by atoms with Crippen molar-refractivity contribution in [2.24, 2.45) is 4.99 Å². The van der Waals surface area contributed by atoms with Crippen LogP contribution in [0.1, 0.15) is 123 Å². The van der Waals surface area contributed by atoms with Crippen molar-refractivity contribution in [1.29, 1.82) is 0 Å². The third-order valence-corrected chi connectivity index (χ3v) is 8.15. The Morgan fingerprint density at radius 3 is 1.82 bits per heavy atom. The predicted octanol–water partition coefficient (Wildman–Crippen LogP) is 6.94. The fraction of sp³-hybridized carbons (Fsp3) is 0.889. The number of imide groups is 1. The molecule has 2 rings (SSSR count). The summed E-state index contributed by atoms with van der Waals surface area (Å²) >= 11 is 1.75. The maximum atomic E-state index is 12.6. The summed E-state index contributed by atoms with van der Waals surface area (Å²) in [4.78, 5) is 33.2. The van der Waals surface area contributed by atoms with Crippen LogP contribution in [0.15, 0.2) is 4.99 Å². The highest BCUT2D eigenvalue weighted by atomic mass is 32.2. The van der Waals surface area contributed by atoms with Crippen molar-refractivity contribution < 1.29 is 9.59 Å². The highest BCUT2D eigenvalue weighted by Gasteiger charge is 2.48. The molecule has 2 heterocycles. The Balaban J connectivity index is 1.63. The van der Waals surface area contributed by atoms with E-state index in [-0.39, 0.29) is 24.1 Å². The second-order valence-electron chi connectivity index (χ2n) is 10.0. The summed E-state index contributed by atoms with van der Waals surface area (Å²) in [6.45, 7) is 5.33. The van der Waals surface area contributed by atoms with E-state index in [0.29, 0.717) is 0 Å². The number of rotatable bonds is 19. The van der Waals surface area contributed by atoms with E-state index >= 15 is 0 Å². The Labute approximate surface area is 213 Å². The molecule has 1 N–H and O–H groups in total. The van der Waals surface area contributed by atoms with Crippen molar-refractivity contribution in [3.05, 3.63) is 0 Å². The van der Waals surface area contributed by atoms with Gasteiger partial charge in [-0.15, -0.1) is 0 Å². The van der Waals surface area contributed by atoms with Crippen LogP contribution < -0.4 is 5.32 Å². The van der Waals surface area contributed by atoms with Crippen molar-refractivity contribution in [3.63, 3.8) is 0 Å². The third-order valence-electron chi connectivity index (χ3n) is 7.05. The number of amides is 3. The number of nitrogens with one attached hydrogen (secondary N) is 1. The molecule has 3 amide bonds. The smallest absolute Gasteiger partial charge is 0.325 e. The van der Waals surface area contributed by atoms with Crippen LogP contribution in [0, 0.1) is 0 Å². The molecule has 0 radical (unpaired) electrons. The van der Waals surface area contributed by atoms with Gasteiger partial charge in [0.1, 0.15) is 0 Å². The summed E-state index contributed by atoms with van der Waals surface area (Å²) in [5.41, 5.74) is 0. The van der Waals surface area contributed by atoms with E-state index in [0.717, 1.165) is 30.3 Å². The molecule has 196 valence electrons. The fourth-order valence-electron chi connectivity index (χ4n) is 4.85. The molecule has 0 aromatic rings. The number of thioether (sulfide) groups is 1.